The van der Waals surface area contributed by atoms with Crippen LogP contribution in [0.5, 0.6) is 0 Å². The molecule has 0 saturated heterocycles. The third-order valence-electron chi connectivity index (χ3n) is 10.8. The first-order chi connectivity index (χ1) is 24.1. The van der Waals surface area contributed by atoms with E-state index in [1.165, 1.54) is 25.7 Å². The van der Waals surface area contributed by atoms with E-state index in [4.69, 9.17) is 38.9 Å². The van der Waals surface area contributed by atoms with Crippen molar-refractivity contribution in [2.45, 2.75) is 102 Å². The number of aryl methyl sites for hydroxylation is 2. The van der Waals surface area contributed by atoms with Gasteiger partial charge in [0, 0.05) is 79.7 Å². The lowest BCUT2D eigenvalue weighted by molar-refractivity contribution is 0.0987. The Bertz CT molecular complexity index is 1800. The smallest absolute Gasteiger partial charge is 0.165 e. The average molecular weight is 719 g/mol. The van der Waals surface area contributed by atoms with Gasteiger partial charge in [-0.25, -0.2) is 9.97 Å². The average Bonchev–Trinajstić information content (AvgIpc) is 3.91. The van der Waals surface area contributed by atoms with Crippen molar-refractivity contribution in [3.8, 4) is 22.5 Å². The van der Waals surface area contributed by atoms with Gasteiger partial charge in [0.05, 0.1) is 33.8 Å². The Morgan fingerprint density at radius 2 is 1.16 bits per heavy atom. The predicted molar refractivity (Wildman–Crippen MR) is 197 cm³/mol. The predicted octanol–water partition coefficient (Wildman–Crippen LogP) is 7.20. The second kappa shape index (κ2) is 14.4. The first-order valence-corrected chi connectivity index (χ1v) is 18.6. The fraction of sp³-hybridized carbons (Fsp3) is 0.514. The number of fused-ring (bicyclic) bond motifs is 2. The van der Waals surface area contributed by atoms with Crippen molar-refractivity contribution in [1.82, 2.24) is 29.5 Å². The molecule has 8 rings (SSSR count). The van der Waals surface area contributed by atoms with E-state index in [0.29, 0.717) is 81.8 Å². The minimum absolute atomic E-state index is 0.100. The van der Waals surface area contributed by atoms with Crippen molar-refractivity contribution < 1.29 is 9.59 Å². The van der Waals surface area contributed by atoms with Crippen LogP contribution in [0.4, 0.5) is 11.6 Å². The van der Waals surface area contributed by atoms with Crippen LogP contribution in [0.15, 0.2) is 24.8 Å². The van der Waals surface area contributed by atoms with Gasteiger partial charge in [0.2, 0.25) is 0 Å². The second-order valence-corrected chi connectivity index (χ2v) is 15.1. The fourth-order valence-electron chi connectivity index (χ4n) is 7.94. The van der Waals surface area contributed by atoms with Gasteiger partial charge in [0.25, 0.3) is 0 Å². The summed E-state index contributed by atoms with van der Waals surface area (Å²) in [5.74, 6) is 2.18. The molecular weight excluding hydrogens is 673 g/mol. The minimum Gasteiger partial charge on any atom is -0.366 e. The van der Waals surface area contributed by atoms with Gasteiger partial charge in [-0.2, -0.15) is 10.2 Å². The van der Waals surface area contributed by atoms with E-state index in [1.807, 2.05) is 26.5 Å². The summed E-state index contributed by atoms with van der Waals surface area (Å²) in [6.45, 7) is 2.28. The first kappa shape index (κ1) is 34.6. The van der Waals surface area contributed by atoms with Gasteiger partial charge in [-0.1, -0.05) is 55.8 Å². The third-order valence-corrected chi connectivity index (χ3v) is 11.6. The molecule has 264 valence electrons. The zero-order chi connectivity index (χ0) is 35.1. The summed E-state index contributed by atoms with van der Waals surface area (Å²) < 4.78 is 3.44. The molecule has 0 spiro atoms. The van der Waals surface area contributed by atoms with Gasteiger partial charge in [0.1, 0.15) is 11.6 Å². The zero-order valence-electron chi connectivity index (χ0n) is 28.9. The molecule has 4 aromatic heterocycles. The highest BCUT2D eigenvalue weighted by atomic mass is 35.5. The number of nitrogens with zero attached hydrogens (tertiary/aromatic N) is 6. The second-order valence-electron chi connectivity index (χ2n) is 14.3. The van der Waals surface area contributed by atoms with Gasteiger partial charge in [-0.15, -0.1) is 0 Å². The van der Waals surface area contributed by atoms with Gasteiger partial charge in [-0.3, -0.25) is 19.0 Å². The molecule has 4 heterocycles. The molecular formula is C37H45Cl2N9O2. The van der Waals surface area contributed by atoms with E-state index >= 15 is 0 Å². The first-order valence-electron chi connectivity index (χ1n) is 17.9. The van der Waals surface area contributed by atoms with Crippen molar-refractivity contribution in [3.05, 3.63) is 57.1 Å². The van der Waals surface area contributed by atoms with E-state index < -0.39 is 0 Å². The number of nitrogens with one attached hydrogen (secondary N) is 2. The number of nitrogens with two attached hydrogens (primary N) is 1. The third kappa shape index (κ3) is 6.79. The lowest BCUT2D eigenvalue weighted by Crippen LogP contribution is -2.42. The van der Waals surface area contributed by atoms with Crippen LogP contribution in [0, 0.1) is 5.92 Å². The van der Waals surface area contributed by atoms with Gasteiger partial charge in [0.15, 0.2) is 11.6 Å². The van der Waals surface area contributed by atoms with Crippen LogP contribution in [0.2, 0.25) is 10.0 Å². The molecule has 0 aliphatic heterocycles. The number of Topliss-reactive ketones (excluding diaryl/α,β-unsaturated/α-hetero) is 2. The maximum atomic E-state index is 12.4. The van der Waals surface area contributed by atoms with Crippen molar-refractivity contribution in [3.63, 3.8) is 0 Å². The molecule has 13 heteroatoms. The highest BCUT2D eigenvalue weighted by molar-refractivity contribution is 6.35. The molecule has 2 unspecified atom stereocenters. The number of anilines is 2. The summed E-state index contributed by atoms with van der Waals surface area (Å²) >= 11 is 13.3. The highest BCUT2D eigenvalue weighted by Crippen LogP contribution is 2.41. The molecule has 0 amide bonds. The Labute approximate surface area is 302 Å². The summed E-state index contributed by atoms with van der Waals surface area (Å²) in [5.41, 5.74) is 12.5. The lowest BCUT2D eigenvalue weighted by Gasteiger charge is -2.30. The number of aromatic nitrogens is 6. The van der Waals surface area contributed by atoms with E-state index in [2.05, 4.69) is 27.8 Å². The molecule has 4 aromatic rings. The number of ketones is 2. The number of rotatable bonds is 6. The number of carbonyl (C=O) groups excluding carboxylic acids is 2. The Balaban J connectivity index is 0.000000157. The van der Waals surface area contributed by atoms with E-state index in [-0.39, 0.29) is 23.7 Å². The van der Waals surface area contributed by atoms with Crippen molar-refractivity contribution in [1.29, 1.82) is 0 Å². The minimum atomic E-state index is 0.100. The van der Waals surface area contributed by atoms with Crippen molar-refractivity contribution in [2.75, 3.05) is 10.6 Å². The molecule has 2 saturated carbocycles. The lowest BCUT2D eigenvalue weighted by atomic mass is 9.86. The summed E-state index contributed by atoms with van der Waals surface area (Å²) in [4.78, 5) is 34.4. The topological polar surface area (TPSA) is 146 Å². The maximum Gasteiger partial charge on any atom is 0.165 e. The molecule has 0 radical (unpaired) electrons. The monoisotopic (exact) mass is 717 g/mol. The molecule has 50 heavy (non-hydrogen) atoms. The standard InChI is InChI=1S/C19H23ClN4O.C18H22ClN5O/c1-11-5-3-4-6-14(11)22-19-17(20)13-7-8-15(25)16(13)18(23-19)12-9-21-24(2)10-12;1-24-9-10(8-21-24)17-15-11(6-7-14(15)25)16(19)18(23-17)22-13-5-3-2-4-12(13)20/h9-11,14H,3-8H2,1-2H3,(H,22,23);8-9,12-13H,2-7,20H2,1H3,(H,22,23)/t11-,14+;/m0./s1. The number of carbonyl (C=O) groups is 2. The molecule has 4 aliphatic rings. The molecule has 0 aromatic carbocycles. The normalized spacial score (nSPS) is 22.9. The molecule has 4 aliphatic carbocycles. The summed E-state index contributed by atoms with van der Waals surface area (Å²) in [6.07, 6.45) is 18.8. The van der Waals surface area contributed by atoms with E-state index in [0.717, 1.165) is 47.9 Å². The molecule has 4 atom stereocenters. The number of pyridine rings is 2. The maximum absolute atomic E-state index is 12.4. The van der Waals surface area contributed by atoms with Crippen LogP contribution < -0.4 is 16.4 Å². The van der Waals surface area contributed by atoms with Crippen molar-refractivity contribution in [2.24, 2.45) is 25.7 Å². The van der Waals surface area contributed by atoms with E-state index in [9.17, 15) is 9.59 Å². The van der Waals surface area contributed by atoms with Crippen molar-refractivity contribution >= 4 is 46.4 Å². The Hall–Kier alpha value is -3.80. The van der Waals surface area contributed by atoms with Gasteiger partial charge in [-0.05, 0) is 55.6 Å². The molecule has 11 nitrogen and oxygen atoms in total. The van der Waals surface area contributed by atoms with Crippen LogP contribution >= 0.6 is 23.2 Å². The summed E-state index contributed by atoms with van der Waals surface area (Å²) in [6, 6.07) is 0.648. The van der Waals surface area contributed by atoms with E-state index in [1.54, 1.807) is 21.8 Å². The molecule has 4 N–H and O–H groups in total. The number of hydrogen-bond donors (Lipinski definition) is 3. The summed E-state index contributed by atoms with van der Waals surface area (Å²) in [5, 5.41) is 16.7. The van der Waals surface area contributed by atoms with Crippen LogP contribution in [-0.4, -0.2) is 59.2 Å². The zero-order valence-corrected chi connectivity index (χ0v) is 30.4. The Morgan fingerprint density at radius 1 is 0.700 bits per heavy atom. The molecule has 0 bridgehead atoms. The van der Waals surface area contributed by atoms with Crippen LogP contribution in [0.3, 0.4) is 0 Å². The highest BCUT2D eigenvalue weighted by Gasteiger charge is 2.33. The quantitative estimate of drug-likeness (QED) is 0.188. The Morgan fingerprint density at radius 3 is 1.62 bits per heavy atom. The number of halogens is 2. The largest absolute Gasteiger partial charge is 0.366 e. The summed E-state index contributed by atoms with van der Waals surface area (Å²) in [7, 11) is 3.71. The Kier molecular flexibility index (Phi) is 10.0. The van der Waals surface area contributed by atoms with Crippen LogP contribution in [0.25, 0.3) is 22.5 Å². The van der Waals surface area contributed by atoms with Crippen LogP contribution in [0.1, 0.15) is 103 Å². The molecule has 2 fully saturated rings. The van der Waals surface area contributed by atoms with Crippen LogP contribution in [-0.2, 0) is 26.9 Å². The SMILES string of the molecule is C[C@H]1CCCC[C@H]1Nc1nc(-c2cnn(C)c2)c2c(c1Cl)CCC2=O.Cn1cc(-c2nc(NC3CCCCC3N)c(Cl)c3c2C(=O)CC3)cn1. The number of hydrogen-bond acceptors (Lipinski definition) is 9. The van der Waals surface area contributed by atoms with Gasteiger partial charge < -0.3 is 16.4 Å². The fourth-order valence-corrected chi connectivity index (χ4v) is 8.51. The van der Waals surface area contributed by atoms with Gasteiger partial charge >= 0.3 is 0 Å².